The van der Waals surface area contributed by atoms with Crippen molar-refractivity contribution in [1.29, 1.82) is 0 Å². The number of anilines is 6. The van der Waals surface area contributed by atoms with Crippen LogP contribution in [-0.4, -0.2) is 222 Å². The van der Waals surface area contributed by atoms with E-state index in [1.54, 1.807) is 75.0 Å². The molecule has 6 rings (SSSR count). The fraction of sp³-hybridized carbons (Fsp3) is 0.483. The lowest BCUT2D eigenvalue weighted by Crippen LogP contribution is -2.33. The zero-order chi connectivity index (χ0) is 68.3. The van der Waals surface area contributed by atoms with Crippen molar-refractivity contribution in [3.8, 4) is 11.5 Å². The lowest BCUT2D eigenvalue weighted by molar-refractivity contribution is -0.121. The molecule has 95 heavy (non-hydrogen) atoms. The van der Waals surface area contributed by atoms with E-state index in [1.165, 1.54) is 50.6 Å². The van der Waals surface area contributed by atoms with E-state index in [-0.39, 0.29) is 111 Å². The number of phenols is 1. The normalized spacial score (nSPS) is 11.1. The van der Waals surface area contributed by atoms with Gasteiger partial charge in [0.25, 0.3) is 23.6 Å². The van der Waals surface area contributed by atoms with E-state index in [1.807, 2.05) is 0 Å². The van der Waals surface area contributed by atoms with E-state index < -0.39 is 41.4 Å². The predicted octanol–water partition coefficient (Wildman–Crippen LogP) is 0.920. The second-order valence-corrected chi connectivity index (χ2v) is 20.8. The molecule has 0 unspecified atom stereocenters. The van der Waals surface area contributed by atoms with Gasteiger partial charge in [-0.25, -0.2) is 15.0 Å². The van der Waals surface area contributed by atoms with Gasteiger partial charge in [-0.05, 0) is 18.2 Å². The molecule has 35 nitrogen and oxygen atoms in total. The molecule has 5 heterocycles. The first-order chi connectivity index (χ1) is 45.8. The molecule has 0 aliphatic carbocycles. The summed E-state index contributed by atoms with van der Waals surface area (Å²) in [7, 11) is 8.08. The van der Waals surface area contributed by atoms with Crippen molar-refractivity contribution >= 4 is 81.8 Å². The molecule has 0 spiro atoms. The number of aryl methyl sites for hydroxylation is 5. The van der Waals surface area contributed by atoms with Crippen molar-refractivity contribution in [2.45, 2.75) is 25.7 Å². The number of imidazole rings is 3. The van der Waals surface area contributed by atoms with Crippen LogP contribution in [0.25, 0.3) is 0 Å². The minimum atomic E-state index is -0.646. The summed E-state index contributed by atoms with van der Waals surface area (Å²) in [5, 5.41) is 31.1. The highest BCUT2D eigenvalue weighted by atomic mass is 16.6. The first-order valence-corrected chi connectivity index (χ1v) is 30.4. The van der Waals surface area contributed by atoms with Crippen molar-refractivity contribution in [3.05, 3.63) is 90.7 Å². The summed E-state index contributed by atoms with van der Waals surface area (Å²) in [4.78, 5) is 115. The fourth-order valence-electron chi connectivity index (χ4n) is 8.50. The number of hydrogen-bond acceptors (Lipinski definition) is 22. The van der Waals surface area contributed by atoms with Crippen LogP contribution in [0.3, 0.4) is 0 Å². The Morgan fingerprint density at radius 2 is 0.884 bits per heavy atom. The molecule has 6 aromatic rings. The van der Waals surface area contributed by atoms with Crippen molar-refractivity contribution in [2.75, 3.05) is 164 Å². The maximum absolute atomic E-state index is 13.3. The Morgan fingerprint density at radius 1 is 0.432 bits per heavy atom. The number of aromatic hydroxyl groups is 1. The third kappa shape index (κ3) is 27.0. The summed E-state index contributed by atoms with van der Waals surface area (Å²) < 4.78 is 56.8. The largest absolute Gasteiger partial charge is 0.504 e. The van der Waals surface area contributed by atoms with Gasteiger partial charge in [0.1, 0.15) is 18.1 Å². The number of nitrogens with zero attached hydrogens (tertiary/aromatic N) is 8. The Morgan fingerprint density at radius 3 is 1.41 bits per heavy atom. The third-order valence-corrected chi connectivity index (χ3v) is 13.2. The minimum absolute atomic E-state index is 0.000675. The molecule has 0 saturated carbocycles. The number of rotatable bonds is 46. The van der Waals surface area contributed by atoms with E-state index in [9.17, 15) is 43.5 Å². The average molecular weight is 1330 g/mol. The number of ether oxygens (including phenoxy) is 9. The van der Waals surface area contributed by atoms with Crippen LogP contribution in [0.5, 0.6) is 11.5 Å². The second kappa shape index (κ2) is 40.4. The smallest absolute Gasteiger partial charge is 0.291 e. The lowest BCUT2D eigenvalue weighted by Gasteiger charge is -2.10. The van der Waals surface area contributed by atoms with Gasteiger partial charge in [-0.3, -0.25) is 38.4 Å². The van der Waals surface area contributed by atoms with Gasteiger partial charge in [0.2, 0.25) is 35.3 Å². The maximum atomic E-state index is 13.3. The predicted molar refractivity (Wildman–Crippen MR) is 343 cm³/mol. The van der Waals surface area contributed by atoms with Crippen molar-refractivity contribution in [2.24, 2.45) is 35.2 Å². The number of phenolic OH excluding ortho intramolecular Hbond substituents is 1. The van der Waals surface area contributed by atoms with E-state index in [0.717, 1.165) is 0 Å². The molecular weight excluding hydrogens is 1250 g/mol. The van der Waals surface area contributed by atoms with Gasteiger partial charge in [-0.2, -0.15) is 0 Å². The highest BCUT2D eigenvalue weighted by Crippen LogP contribution is 2.27. The van der Waals surface area contributed by atoms with Crippen LogP contribution in [0.1, 0.15) is 68.0 Å². The molecular formula is C60H85N17O18. The van der Waals surface area contributed by atoms with E-state index in [4.69, 9.17) is 48.4 Å². The molecule has 0 fully saturated rings. The Kier molecular flexibility index (Phi) is 31.6. The lowest BCUT2D eigenvalue weighted by atomic mass is 10.3. The molecule has 5 aromatic heterocycles. The number of nitrogens with two attached hydrogens (primary N) is 1. The highest BCUT2D eigenvalue weighted by molar-refractivity contribution is 6.05. The molecule has 0 radical (unpaired) electrons. The molecule has 0 aliphatic rings. The quantitative estimate of drug-likeness (QED) is 0.0188. The number of nitrogen functional groups attached to an aromatic ring is 1. The van der Waals surface area contributed by atoms with Gasteiger partial charge in [0.15, 0.2) is 29.0 Å². The van der Waals surface area contributed by atoms with Crippen molar-refractivity contribution < 1.29 is 86.1 Å². The van der Waals surface area contributed by atoms with Crippen LogP contribution >= 0.6 is 0 Å². The fourth-order valence-corrected chi connectivity index (χ4v) is 8.50. The standard InChI is InChI=1S/C60H85N17O18/c1-73-16-14-63-54(73)59(85)67-43-36-49(75(3)38-43)72-52(81)9-8-51(80)68-47-40-77(5)56(71-47)60(86)66-42-35-44(74(2)37-42)57(83)64-13-11-53(82)69-48-39-76(4)55(70-48)58(84)65-12-10-50(79)62-15-17-87-18-19-88-20-21-89-22-23-90-24-25-91-26-27-92-28-29-93-30-31-94-32-33-95-46-7-6-41(61)34-45(46)78/h6-7,14,16,34-40,78H,8-13,15,17-33,61H2,1-5H3,(H,62,79)(H,64,83)(H,65,84)(H,66,86)(H,67,85)(H,68,80)(H,69,82)(H,72,81). The number of hydrogen-bond donors (Lipinski definition) is 10. The van der Waals surface area contributed by atoms with Crippen LogP contribution in [0.4, 0.5) is 34.5 Å². The van der Waals surface area contributed by atoms with E-state index in [2.05, 4.69) is 57.5 Å². The minimum Gasteiger partial charge on any atom is -0.504 e. The highest BCUT2D eigenvalue weighted by Gasteiger charge is 2.21. The summed E-state index contributed by atoms with van der Waals surface area (Å²) in [5.74, 6) is -2.94. The zero-order valence-corrected chi connectivity index (χ0v) is 53.9. The van der Waals surface area contributed by atoms with Gasteiger partial charge in [0, 0.05) is 136 Å². The van der Waals surface area contributed by atoms with E-state index in [0.29, 0.717) is 122 Å². The Hall–Kier alpha value is -9.75. The first-order valence-electron chi connectivity index (χ1n) is 30.4. The topological polar surface area (TPSA) is 425 Å². The number of aromatic nitrogens is 8. The molecule has 11 N–H and O–H groups in total. The monoisotopic (exact) mass is 1330 g/mol. The SMILES string of the molecule is Cn1cc(NC(=O)c2nccn2C)cc1NC(=O)CCC(=O)Nc1cn(C)c(C(=O)Nc2cc(C(=O)NCCC(=O)Nc3cn(C)c(C(=O)NCCC(=O)NCCOCCOCCOCCOCCOCCOCCOCCOCCOc4ccc(N)cc4O)n3)n(C)c2)n1. The molecule has 0 aliphatic heterocycles. The van der Waals surface area contributed by atoms with Gasteiger partial charge >= 0.3 is 0 Å². The molecule has 0 bridgehead atoms. The Labute approximate surface area is 547 Å². The number of nitrogens with one attached hydrogen (secondary N) is 8. The van der Waals surface area contributed by atoms with Crippen LogP contribution in [0.15, 0.2) is 67.5 Å². The summed E-state index contributed by atoms with van der Waals surface area (Å²) in [6.45, 7) is 6.78. The summed E-state index contributed by atoms with van der Waals surface area (Å²) in [6.07, 6.45) is 8.60. The van der Waals surface area contributed by atoms with Crippen LogP contribution in [-0.2, 0) is 92.3 Å². The molecule has 35 heteroatoms. The zero-order valence-electron chi connectivity index (χ0n) is 53.9. The summed E-state index contributed by atoms with van der Waals surface area (Å²) in [5.41, 5.74) is 6.91. The van der Waals surface area contributed by atoms with Gasteiger partial charge in [0.05, 0.1) is 117 Å². The van der Waals surface area contributed by atoms with Gasteiger partial charge in [-0.15, -0.1) is 0 Å². The first kappa shape index (κ1) is 74.3. The Balaban J connectivity index is 0.710. The number of amides is 8. The number of carbonyl (C=O) groups is 8. The third-order valence-electron chi connectivity index (χ3n) is 13.2. The second-order valence-electron chi connectivity index (χ2n) is 20.8. The van der Waals surface area contributed by atoms with Gasteiger partial charge in [-0.1, -0.05) is 0 Å². The number of carbonyl (C=O) groups excluding carboxylic acids is 8. The van der Waals surface area contributed by atoms with Gasteiger partial charge < -0.3 is 119 Å². The molecule has 0 saturated heterocycles. The molecule has 0 atom stereocenters. The van der Waals surface area contributed by atoms with Crippen molar-refractivity contribution in [3.63, 3.8) is 0 Å². The van der Waals surface area contributed by atoms with Crippen LogP contribution in [0.2, 0.25) is 0 Å². The van der Waals surface area contributed by atoms with E-state index >= 15 is 0 Å². The summed E-state index contributed by atoms with van der Waals surface area (Å²) in [6, 6.07) is 7.67. The Bertz CT molecular complexity index is 3450. The maximum Gasteiger partial charge on any atom is 0.291 e. The molecule has 518 valence electrons. The number of benzene rings is 1. The van der Waals surface area contributed by atoms with Crippen molar-refractivity contribution in [1.82, 2.24) is 53.7 Å². The molecule has 8 amide bonds. The summed E-state index contributed by atoms with van der Waals surface area (Å²) >= 11 is 0. The van der Waals surface area contributed by atoms with Crippen LogP contribution in [0, 0.1) is 0 Å². The van der Waals surface area contributed by atoms with Crippen LogP contribution < -0.4 is 53.0 Å². The average Bonchev–Trinajstić information content (AvgIpc) is 1.75. The molecule has 1 aromatic carbocycles.